The Labute approximate surface area is 142 Å². The van der Waals surface area contributed by atoms with E-state index in [0.29, 0.717) is 22.3 Å². The molecule has 1 amide bonds. The summed E-state index contributed by atoms with van der Waals surface area (Å²) in [6.45, 7) is 0. The van der Waals surface area contributed by atoms with Gasteiger partial charge in [-0.1, -0.05) is 0 Å². The number of methoxy groups -OCH3 is 2. The summed E-state index contributed by atoms with van der Waals surface area (Å²) in [6, 6.07) is 9.73. The Kier molecular flexibility index (Phi) is 4.31. The molecule has 0 aliphatic carbocycles. The topological polar surface area (TPSA) is 59.6 Å². The number of hydrogen-bond donors (Lipinski definition) is 2. The van der Waals surface area contributed by atoms with Crippen LogP contribution in [0.3, 0.4) is 0 Å². The number of thiophene rings is 1. The number of amides is 1. The number of thiocarbonyl (C=S) groups is 1. The third-order valence-corrected chi connectivity index (χ3v) is 4.59. The predicted octanol–water partition coefficient (Wildman–Crippen LogP) is 2.78. The number of benzene rings is 1. The van der Waals surface area contributed by atoms with Gasteiger partial charge in [-0.25, -0.2) is 0 Å². The summed E-state index contributed by atoms with van der Waals surface area (Å²) in [6.07, 6.45) is 1.78. The van der Waals surface area contributed by atoms with Gasteiger partial charge in [0.05, 0.1) is 14.2 Å². The molecule has 2 N–H and O–H groups in total. The minimum Gasteiger partial charge on any atom is -0.493 e. The van der Waals surface area contributed by atoms with E-state index in [1.165, 1.54) is 0 Å². The normalized spacial score (nSPS) is 15.5. The van der Waals surface area contributed by atoms with Crippen LogP contribution in [0.1, 0.15) is 4.88 Å². The molecule has 0 bridgehead atoms. The lowest BCUT2D eigenvalue weighted by atomic mass is 10.1. The molecule has 118 valence electrons. The third-order valence-electron chi connectivity index (χ3n) is 3.30. The zero-order valence-electron chi connectivity index (χ0n) is 12.5. The fourth-order valence-electron chi connectivity index (χ4n) is 2.20. The van der Waals surface area contributed by atoms with Gasteiger partial charge >= 0.3 is 0 Å². The number of ether oxygens (including phenoxy) is 2. The molecule has 0 spiro atoms. The van der Waals surface area contributed by atoms with Crippen molar-refractivity contribution in [1.29, 1.82) is 0 Å². The second kappa shape index (κ2) is 6.39. The van der Waals surface area contributed by atoms with Crippen LogP contribution in [-0.2, 0) is 4.79 Å². The van der Waals surface area contributed by atoms with Gasteiger partial charge < -0.3 is 14.8 Å². The largest absolute Gasteiger partial charge is 0.493 e. The van der Waals surface area contributed by atoms with Crippen LogP contribution >= 0.6 is 23.6 Å². The molecule has 0 unspecified atom stereocenters. The summed E-state index contributed by atoms with van der Waals surface area (Å²) in [5.41, 5.74) is 1.48. The van der Waals surface area contributed by atoms with Crippen molar-refractivity contribution in [3.63, 3.8) is 0 Å². The van der Waals surface area contributed by atoms with Gasteiger partial charge in [-0.05, 0) is 54.2 Å². The highest BCUT2D eigenvalue weighted by molar-refractivity contribution is 7.80. The molecule has 5 nitrogen and oxygen atoms in total. The molecule has 1 aromatic carbocycles. The average molecular weight is 346 g/mol. The van der Waals surface area contributed by atoms with E-state index in [-0.39, 0.29) is 5.91 Å². The van der Waals surface area contributed by atoms with Crippen molar-refractivity contribution >= 4 is 40.7 Å². The van der Waals surface area contributed by atoms with Crippen LogP contribution in [-0.4, -0.2) is 25.2 Å². The van der Waals surface area contributed by atoms with Crippen LogP contribution in [0.4, 0.5) is 0 Å². The molecule has 2 aromatic rings. The first-order valence-corrected chi connectivity index (χ1v) is 7.99. The van der Waals surface area contributed by atoms with E-state index >= 15 is 0 Å². The van der Waals surface area contributed by atoms with Crippen molar-refractivity contribution in [2.24, 2.45) is 0 Å². The Hall–Kier alpha value is -2.38. The van der Waals surface area contributed by atoms with Crippen LogP contribution in [0.15, 0.2) is 36.0 Å². The van der Waals surface area contributed by atoms with Crippen molar-refractivity contribution in [2.75, 3.05) is 14.2 Å². The van der Waals surface area contributed by atoms with Gasteiger partial charge in [0, 0.05) is 9.75 Å². The number of hydrogen-bond acceptors (Lipinski definition) is 5. The first-order valence-electron chi connectivity index (χ1n) is 6.77. The number of carbonyl (C=O) groups is 1. The summed E-state index contributed by atoms with van der Waals surface area (Å²) in [5.74, 6) is 1.16. The molecule has 0 radical (unpaired) electrons. The maximum atomic E-state index is 11.7. The zero-order valence-corrected chi connectivity index (χ0v) is 14.1. The number of rotatable bonds is 4. The maximum Gasteiger partial charge on any atom is 0.273 e. The zero-order chi connectivity index (χ0) is 16.4. The Morgan fingerprint density at radius 3 is 2.52 bits per heavy atom. The van der Waals surface area contributed by atoms with Crippen molar-refractivity contribution < 1.29 is 14.3 Å². The lowest BCUT2D eigenvalue weighted by Gasteiger charge is -2.08. The minimum absolute atomic E-state index is 0.212. The molecule has 1 aliphatic heterocycles. The highest BCUT2D eigenvalue weighted by Gasteiger charge is 2.20. The van der Waals surface area contributed by atoms with Crippen molar-refractivity contribution in [2.45, 2.75) is 0 Å². The van der Waals surface area contributed by atoms with Gasteiger partial charge in [-0.3, -0.25) is 10.1 Å². The van der Waals surface area contributed by atoms with Crippen LogP contribution in [0.5, 0.6) is 11.5 Å². The maximum absolute atomic E-state index is 11.7. The first-order chi connectivity index (χ1) is 11.1. The van der Waals surface area contributed by atoms with Crippen LogP contribution < -0.4 is 20.1 Å². The Balaban J connectivity index is 1.89. The molecule has 7 heteroatoms. The van der Waals surface area contributed by atoms with E-state index in [1.54, 1.807) is 31.6 Å². The molecule has 1 aromatic heterocycles. The molecule has 1 fully saturated rings. The molecule has 0 saturated carbocycles. The Morgan fingerprint density at radius 2 is 1.87 bits per heavy atom. The predicted molar refractivity (Wildman–Crippen MR) is 94.7 cm³/mol. The standard InChI is InChI=1S/C16H14N2O3S2/c1-20-12-5-3-9(7-13(12)21-2)14-6-4-10(23-14)8-11-15(19)18-16(22)17-11/h3-8H,1-2H3,(H2,17,18,19,22). The Morgan fingerprint density at radius 1 is 1.09 bits per heavy atom. The van der Waals surface area contributed by atoms with Crippen LogP contribution in [0.2, 0.25) is 0 Å². The summed E-state index contributed by atoms with van der Waals surface area (Å²) in [7, 11) is 3.22. The average Bonchev–Trinajstić information content (AvgIpc) is 3.13. The fourth-order valence-corrected chi connectivity index (χ4v) is 3.35. The number of nitrogens with one attached hydrogen (secondary N) is 2. The fraction of sp³-hybridized carbons (Fsp3) is 0.125. The van der Waals surface area contributed by atoms with Gasteiger partial charge in [0.2, 0.25) is 0 Å². The van der Waals surface area contributed by atoms with Crippen molar-refractivity contribution in [1.82, 2.24) is 10.6 Å². The molecular formula is C16H14N2O3S2. The second-order valence-electron chi connectivity index (χ2n) is 4.74. The minimum atomic E-state index is -0.212. The molecule has 1 aliphatic rings. The van der Waals surface area contributed by atoms with Gasteiger partial charge in [-0.15, -0.1) is 11.3 Å². The molecule has 0 atom stereocenters. The molecular weight excluding hydrogens is 332 g/mol. The van der Waals surface area contributed by atoms with E-state index in [2.05, 4.69) is 10.6 Å². The summed E-state index contributed by atoms with van der Waals surface area (Å²) >= 11 is 6.49. The summed E-state index contributed by atoms with van der Waals surface area (Å²) < 4.78 is 10.6. The quantitative estimate of drug-likeness (QED) is 0.658. The number of carbonyl (C=O) groups excluding carboxylic acids is 1. The van der Waals surface area contributed by atoms with E-state index < -0.39 is 0 Å². The third kappa shape index (κ3) is 3.20. The van der Waals surface area contributed by atoms with E-state index in [4.69, 9.17) is 21.7 Å². The lowest BCUT2D eigenvalue weighted by Crippen LogP contribution is -2.21. The van der Waals surface area contributed by atoms with Crippen LogP contribution in [0, 0.1) is 0 Å². The lowest BCUT2D eigenvalue weighted by molar-refractivity contribution is -0.115. The SMILES string of the molecule is COc1ccc(-c2ccc(C=C3NC(=S)NC3=O)s2)cc1OC. The smallest absolute Gasteiger partial charge is 0.273 e. The molecule has 1 saturated heterocycles. The summed E-state index contributed by atoms with van der Waals surface area (Å²) in [4.78, 5) is 13.7. The van der Waals surface area contributed by atoms with E-state index in [9.17, 15) is 4.79 Å². The molecule has 3 rings (SSSR count). The highest BCUT2D eigenvalue weighted by Crippen LogP contribution is 2.35. The monoisotopic (exact) mass is 346 g/mol. The van der Waals surface area contributed by atoms with Gasteiger partial charge in [0.1, 0.15) is 5.70 Å². The van der Waals surface area contributed by atoms with Crippen molar-refractivity contribution in [3.8, 4) is 21.9 Å². The Bertz CT molecular complexity index is 811. The first kappa shape index (κ1) is 15.5. The van der Waals surface area contributed by atoms with Gasteiger partial charge in [0.25, 0.3) is 5.91 Å². The van der Waals surface area contributed by atoms with E-state index in [0.717, 1.165) is 15.3 Å². The highest BCUT2D eigenvalue weighted by atomic mass is 32.1. The van der Waals surface area contributed by atoms with Gasteiger partial charge in [-0.2, -0.15) is 0 Å². The van der Waals surface area contributed by atoms with E-state index in [1.807, 2.05) is 30.3 Å². The molecule has 23 heavy (non-hydrogen) atoms. The van der Waals surface area contributed by atoms with Gasteiger partial charge in [0.15, 0.2) is 16.6 Å². The molecule has 2 heterocycles. The van der Waals surface area contributed by atoms with Crippen LogP contribution in [0.25, 0.3) is 16.5 Å². The summed E-state index contributed by atoms with van der Waals surface area (Å²) in [5, 5.41) is 5.71. The second-order valence-corrected chi connectivity index (χ2v) is 6.26. The van der Waals surface area contributed by atoms with Crippen molar-refractivity contribution in [3.05, 3.63) is 40.9 Å².